The van der Waals surface area contributed by atoms with Gasteiger partial charge >= 0.3 is 5.97 Å². The molecule has 1 unspecified atom stereocenters. The normalized spacial score (nSPS) is 11.1. The van der Waals surface area contributed by atoms with Crippen LogP contribution in [0.15, 0.2) is 59.6 Å². The number of nitriles is 2. The Morgan fingerprint density at radius 3 is 2.34 bits per heavy atom. The van der Waals surface area contributed by atoms with Gasteiger partial charge in [-0.15, -0.1) is 0 Å². The van der Waals surface area contributed by atoms with Crippen LogP contribution in [0.25, 0.3) is 11.1 Å². The summed E-state index contributed by atoms with van der Waals surface area (Å²) in [7, 11) is 1.24. The molecule has 158 valence electrons. The fraction of sp³-hybridized carbons (Fsp3) is 0.0909. The van der Waals surface area contributed by atoms with Crippen LogP contribution in [0.3, 0.4) is 0 Å². The fourth-order valence-corrected chi connectivity index (χ4v) is 4.22. The van der Waals surface area contributed by atoms with Gasteiger partial charge in [0.1, 0.15) is 33.8 Å². The van der Waals surface area contributed by atoms with Crippen LogP contribution in [-0.2, 0) is 9.53 Å². The Balaban J connectivity index is 2.28. The van der Waals surface area contributed by atoms with E-state index >= 15 is 0 Å². The number of pyridine rings is 1. The van der Waals surface area contributed by atoms with E-state index in [0.29, 0.717) is 5.56 Å². The van der Waals surface area contributed by atoms with Gasteiger partial charge in [0, 0.05) is 11.6 Å². The Labute approximate surface area is 187 Å². The van der Waals surface area contributed by atoms with Crippen molar-refractivity contribution in [3.8, 4) is 23.3 Å². The summed E-state index contributed by atoms with van der Waals surface area (Å²) in [6, 6.07) is 18.3. The summed E-state index contributed by atoms with van der Waals surface area (Å²) < 4.78 is 4.91. The smallest absolute Gasteiger partial charge is 0.323 e. The third-order valence-electron chi connectivity index (χ3n) is 4.53. The molecule has 2 N–H and O–H groups in total. The van der Waals surface area contributed by atoms with Gasteiger partial charge in [-0.2, -0.15) is 10.5 Å². The van der Waals surface area contributed by atoms with E-state index in [4.69, 9.17) is 10.5 Å². The molecule has 0 spiro atoms. The van der Waals surface area contributed by atoms with E-state index in [1.165, 1.54) is 25.3 Å². The van der Waals surface area contributed by atoms with Crippen LogP contribution < -0.4 is 5.73 Å². The number of methoxy groups -OCH3 is 1. The molecule has 0 fully saturated rings. The predicted octanol–water partition coefficient (Wildman–Crippen LogP) is 3.99. The van der Waals surface area contributed by atoms with Crippen LogP contribution in [0.4, 0.5) is 11.5 Å². The third-order valence-corrected chi connectivity index (χ3v) is 5.75. The number of nitro benzene ring substituents is 1. The summed E-state index contributed by atoms with van der Waals surface area (Å²) in [6.45, 7) is 0. The molecular formula is C22H15N5O4S. The van der Waals surface area contributed by atoms with Gasteiger partial charge in [0.25, 0.3) is 5.69 Å². The molecule has 0 aliphatic rings. The molecule has 9 nitrogen and oxygen atoms in total. The number of aromatic nitrogens is 1. The zero-order valence-corrected chi connectivity index (χ0v) is 17.5. The highest BCUT2D eigenvalue weighted by Gasteiger charge is 2.30. The fourth-order valence-electron chi connectivity index (χ4n) is 3.10. The number of carbonyl (C=O) groups excluding carboxylic acids is 1. The lowest BCUT2D eigenvalue weighted by Gasteiger charge is -2.17. The van der Waals surface area contributed by atoms with E-state index in [2.05, 4.69) is 4.98 Å². The van der Waals surface area contributed by atoms with Crippen molar-refractivity contribution in [2.45, 2.75) is 10.3 Å². The molecule has 0 radical (unpaired) electrons. The zero-order valence-electron chi connectivity index (χ0n) is 16.7. The second-order valence-corrected chi connectivity index (χ2v) is 7.45. The summed E-state index contributed by atoms with van der Waals surface area (Å²) in [6.07, 6.45) is 0. The Hall–Kier alpha value is -4.41. The van der Waals surface area contributed by atoms with Crippen molar-refractivity contribution >= 4 is 29.2 Å². The van der Waals surface area contributed by atoms with Crippen LogP contribution in [0, 0.1) is 32.8 Å². The number of nitrogens with two attached hydrogens (primary N) is 1. The first kappa shape index (κ1) is 22.3. The third kappa shape index (κ3) is 4.21. The quantitative estimate of drug-likeness (QED) is 0.256. The highest BCUT2D eigenvalue weighted by molar-refractivity contribution is 8.00. The topological polar surface area (TPSA) is 156 Å². The van der Waals surface area contributed by atoms with Gasteiger partial charge in [-0.1, -0.05) is 54.2 Å². The molecule has 32 heavy (non-hydrogen) atoms. The van der Waals surface area contributed by atoms with Crippen LogP contribution in [-0.4, -0.2) is 23.0 Å². The number of ether oxygens (including phenoxy) is 1. The molecule has 1 aromatic heterocycles. The Morgan fingerprint density at radius 1 is 1.12 bits per heavy atom. The number of rotatable bonds is 6. The summed E-state index contributed by atoms with van der Waals surface area (Å²) in [5.41, 5.74) is 6.10. The van der Waals surface area contributed by atoms with Crippen LogP contribution in [0.1, 0.15) is 21.9 Å². The van der Waals surface area contributed by atoms with Gasteiger partial charge in [-0.3, -0.25) is 14.9 Å². The van der Waals surface area contributed by atoms with Crippen molar-refractivity contribution in [2.75, 3.05) is 12.8 Å². The van der Waals surface area contributed by atoms with Crippen molar-refractivity contribution in [2.24, 2.45) is 0 Å². The standard InChI is InChI=1S/C22H15N5O4S/c1-31-22(28)19(13-7-3-2-4-8-13)32-21-16(12-24)18(15(11-23)20(25)26-21)14-9-5-6-10-17(14)27(29)30/h2-10,19H,1H3,(H2,25,26). The summed E-state index contributed by atoms with van der Waals surface area (Å²) in [5, 5.41) is 30.3. The van der Waals surface area contributed by atoms with Gasteiger partial charge in [0.2, 0.25) is 0 Å². The molecule has 3 rings (SSSR count). The Kier molecular flexibility index (Phi) is 6.68. The van der Waals surface area contributed by atoms with E-state index < -0.39 is 16.1 Å². The second-order valence-electron chi connectivity index (χ2n) is 6.36. The number of nitro groups is 1. The molecule has 0 saturated heterocycles. The lowest BCUT2D eigenvalue weighted by atomic mass is 9.95. The number of esters is 1. The lowest BCUT2D eigenvalue weighted by molar-refractivity contribution is -0.384. The van der Waals surface area contributed by atoms with E-state index in [1.807, 2.05) is 12.1 Å². The molecule has 2 aromatic carbocycles. The molecule has 1 heterocycles. The highest BCUT2D eigenvalue weighted by Crippen LogP contribution is 2.43. The minimum atomic E-state index is -0.883. The first-order valence-corrected chi connectivity index (χ1v) is 9.97. The molecule has 0 saturated carbocycles. The minimum absolute atomic E-state index is 0.00558. The number of hydrogen-bond donors (Lipinski definition) is 1. The van der Waals surface area contributed by atoms with Gasteiger partial charge in [0.15, 0.2) is 0 Å². The van der Waals surface area contributed by atoms with Gasteiger partial charge in [0.05, 0.1) is 23.2 Å². The molecule has 3 aromatic rings. The summed E-state index contributed by atoms with van der Waals surface area (Å²) in [4.78, 5) is 27.6. The maximum absolute atomic E-state index is 12.5. The number of hydrogen-bond acceptors (Lipinski definition) is 9. The molecule has 0 bridgehead atoms. The number of nitrogens with zero attached hydrogens (tertiary/aromatic N) is 4. The SMILES string of the molecule is COC(=O)C(Sc1nc(N)c(C#N)c(-c2ccccc2[N+](=O)[O-])c1C#N)c1ccccc1. The van der Waals surface area contributed by atoms with Crippen LogP contribution >= 0.6 is 11.8 Å². The Bertz CT molecular complexity index is 1280. The summed E-state index contributed by atoms with van der Waals surface area (Å²) in [5.74, 6) is -0.791. The number of para-hydroxylation sites is 1. The van der Waals surface area contributed by atoms with E-state index in [0.717, 1.165) is 11.8 Å². The van der Waals surface area contributed by atoms with E-state index in [9.17, 15) is 25.4 Å². The number of thioether (sulfide) groups is 1. The van der Waals surface area contributed by atoms with Crippen molar-refractivity contribution in [1.82, 2.24) is 4.98 Å². The second kappa shape index (κ2) is 9.60. The van der Waals surface area contributed by atoms with Crippen molar-refractivity contribution in [1.29, 1.82) is 10.5 Å². The predicted molar refractivity (Wildman–Crippen MR) is 117 cm³/mol. The number of nitrogen functional groups attached to an aromatic ring is 1. The van der Waals surface area contributed by atoms with E-state index in [-0.39, 0.29) is 38.8 Å². The molecule has 0 amide bonds. The molecule has 0 aliphatic carbocycles. The van der Waals surface area contributed by atoms with Crippen molar-refractivity contribution in [3.63, 3.8) is 0 Å². The number of anilines is 1. The first-order chi connectivity index (χ1) is 15.4. The number of carbonyl (C=O) groups is 1. The largest absolute Gasteiger partial charge is 0.468 e. The number of benzene rings is 2. The van der Waals surface area contributed by atoms with Crippen LogP contribution in [0.2, 0.25) is 0 Å². The zero-order chi connectivity index (χ0) is 23.3. The van der Waals surface area contributed by atoms with E-state index in [1.54, 1.807) is 36.4 Å². The average Bonchev–Trinajstić information content (AvgIpc) is 2.82. The van der Waals surface area contributed by atoms with Crippen molar-refractivity contribution < 1.29 is 14.5 Å². The highest BCUT2D eigenvalue weighted by atomic mass is 32.2. The molecular weight excluding hydrogens is 430 g/mol. The lowest BCUT2D eigenvalue weighted by Crippen LogP contribution is -2.12. The molecule has 10 heteroatoms. The monoisotopic (exact) mass is 445 g/mol. The molecule has 1 atom stereocenters. The summed E-state index contributed by atoms with van der Waals surface area (Å²) >= 11 is 0.915. The van der Waals surface area contributed by atoms with Crippen LogP contribution in [0.5, 0.6) is 0 Å². The average molecular weight is 445 g/mol. The van der Waals surface area contributed by atoms with Gasteiger partial charge < -0.3 is 10.5 Å². The maximum Gasteiger partial charge on any atom is 0.323 e. The molecule has 0 aliphatic heterocycles. The van der Waals surface area contributed by atoms with Crippen molar-refractivity contribution in [3.05, 3.63) is 81.4 Å². The van der Waals surface area contributed by atoms with Gasteiger partial charge in [-0.05, 0) is 11.6 Å². The first-order valence-electron chi connectivity index (χ1n) is 9.09. The maximum atomic E-state index is 12.5. The Morgan fingerprint density at radius 2 is 1.75 bits per heavy atom. The van der Waals surface area contributed by atoms with Gasteiger partial charge in [-0.25, -0.2) is 4.98 Å². The minimum Gasteiger partial charge on any atom is -0.468 e.